The SMILES string of the molecule is NC(C(=O)O)C(F)F. The Kier molecular flexibility index (Phi) is 2.33. The minimum Gasteiger partial charge on any atom is -0.480 e. The first-order valence-corrected chi connectivity index (χ1v) is 1.82. The molecular weight excluding hydrogens is 120 g/mol. The Hall–Kier alpha value is -0.710. The molecule has 48 valence electrons. The van der Waals surface area contributed by atoms with Crippen LogP contribution in [0.15, 0.2) is 0 Å². The lowest BCUT2D eigenvalue weighted by Crippen LogP contribution is -2.36. The van der Waals surface area contributed by atoms with Gasteiger partial charge < -0.3 is 10.8 Å². The summed E-state index contributed by atoms with van der Waals surface area (Å²) in [6, 6.07) is -2.05. The van der Waals surface area contributed by atoms with E-state index in [4.69, 9.17) is 5.11 Å². The Bertz CT molecular complexity index is 95.3. The molecule has 5 heteroatoms. The van der Waals surface area contributed by atoms with Gasteiger partial charge in [0.05, 0.1) is 0 Å². The van der Waals surface area contributed by atoms with Gasteiger partial charge in [-0.3, -0.25) is 4.79 Å². The number of carbonyl (C=O) groups is 1. The number of hydrogen-bond donors (Lipinski definition) is 2. The number of carboxylic acid groups (broad SMARTS) is 1. The summed E-state index contributed by atoms with van der Waals surface area (Å²) < 4.78 is 22.3. The molecular formula is C3H5F2NO2. The second-order valence-corrected chi connectivity index (χ2v) is 1.20. The number of halogens is 2. The molecule has 0 spiro atoms. The Balaban J connectivity index is 3.64. The molecule has 3 nitrogen and oxygen atoms in total. The first-order valence-electron chi connectivity index (χ1n) is 1.82. The molecule has 0 fully saturated rings. The van der Waals surface area contributed by atoms with Crippen LogP contribution in [0.1, 0.15) is 0 Å². The van der Waals surface area contributed by atoms with Crippen molar-refractivity contribution in [1.82, 2.24) is 0 Å². The van der Waals surface area contributed by atoms with E-state index in [-0.39, 0.29) is 0 Å². The van der Waals surface area contributed by atoms with Gasteiger partial charge in [0.2, 0.25) is 0 Å². The maximum atomic E-state index is 11.2. The Morgan fingerprint density at radius 3 is 2.00 bits per heavy atom. The number of carboxylic acids is 1. The Morgan fingerprint density at radius 1 is 1.62 bits per heavy atom. The topological polar surface area (TPSA) is 63.3 Å². The molecule has 0 heterocycles. The molecule has 0 amide bonds. The van der Waals surface area contributed by atoms with Crippen LogP contribution in [0.25, 0.3) is 0 Å². The van der Waals surface area contributed by atoms with E-state index in [0.717, 1.165) is 0 Å². The number of alkyl halides is 2. The minimum absolute atomic E-state index is 1.68. The highest BCUT2D eigenvalue weighted by atomic mass is 19.3. The van der Waals surface area contributed by atoms with Crippen LogP contribution in [0, 0.1) is 0 Å². The third-order valence-corrected chi connectivity index (χ3v) is 0.557. The lowest BCUT2D eigenvalue weighted by molar-refractivity contribution is -0.142. The molecule has 1 atom stereocenters. The van der Waals surface area contributed by atoms with Crippen LogP contribution in [0.4, 0.5) is 8.78 Å². The van der Waals surface area contributed by atoms with E-state index in [0.29, 0.717) is 0 Å². The second-order valence-electron chi connectivity index (χ2n) is 1.20. The van der Waals surface area contributed by atoms with Crippen molar-refractivity contribution in [3.63, 3.8) is 0 Å². The summed E-state index contributed by atoms with van der Waals surface area (Å²) in [7, 11) is 0. The van der Waals surface area contributed by atoms with E-state index in [1.165, 1.54) is 0 Å². The normalized spacial score (nSPS) is 14.0. The number of aliphatic carboxylic acids is 1. The zero-order valence-electron chi connectivity index (χ0n) is 3.84. The average Bonchev–Trinajstić information content (AvgIpc) is 1.64. The standard InChI is InChI=1S/C3H5F2NO2/c4-2(5)1(6)3(7)8/h1-2H,6H2,(H,7,8). The van der Waals surface area contributed by atoms with Crippen LogP contribution in [0.2, 0.25) is 0 Å². The molecule has 0 radical (unpaired) electrons. The predicted octanol–water partition coefficient (Wildman–Crippen LogP) is -0.337. The largest absolute Gasteiger partial charge is 0.480 e. The van der Waals surface area contributed by atoms with E-state index >= 15 is 0 Å². The van der Waals surface area contributed by atoms with E-state index in [1.807, 2.05) is 0 Å². The highest BCUT2D eigenvalue weighted by Gasteiger charge is 2.22. The van der Waals surface area contributed by atoms with Crippen molar-refractivity contribution in [2.75, 3.05) is 0 Å². The third-order valence-electron chi connectivity index (χ3n) is 0.557. The van der Waals surface area contributed by atoms with Gasteiger partial charge in [0.25, 0.3) is 6.43 Å². The zero-order valence-corrected chi connectivity index (χ0v) is 3.84. The van der Waals surface area contributed by atoms with Gasteiger partial charge in [-0.15, -0.1) is 0 Å². The maximum absolute atomic E-state index is 11.2. The summed E-state index contributed by atoms with van der Waals surface area (Å²) >= 11 is 0. The van der Waals surface area contributed by atoms with Crippen molar-refractivity contribution in [2.24, 2.45) is 5.73 Å². The van der Waals surface area contributed by atoms with Crippen molar-refractivity contribution in [3.05, 3.63) is 0 Å². The quantitative estimate of drug-likeness (QED) is 0.530. The molecule has 0 aliphatic heterocycles. The van der Waals surface area contributed by atoms with Gasteiger partial charge in [0.15, 0.2) is 6.04 Å². The summed E-state index contributed by atoms with van der Waals surface area (Å²) in [5, 5.41) is 7.75. The lowest BCUT2D eigenvalue weighted by Gasteiger charge is -2.01. The van der Waals surface area contributed by atoms with Gasteiger partial charge >= 0.3 is 5.97 Å². The zero-order chi connectivity index (χ0) is 6.73. The van der Waals surface area contributed by atoms with Gasteiger partial charge in [-0.05, 0) is 0 Å². The molecule has 0 aromatic rings. The van der Waals surface area contributed by atoms with Crippen molar-refractivity contribution in [2.45, 2.75) is 12.5 Å². The van der Waals surface area contributed by atoms with E-state index in [2.05, 4.69) is 5.73 Å². The molecule has 0 rings (SSSR count). The van der Waals surface area contributed by atoms with Crippen LogP contribution < -0.4 is 5.73 Å². The fraction of sp³-hybridized carbons (Fsp3) is 0.667. The number of nitrogens with two attached hydrogens (primary N) is 1. The fourth-order valence-electron chi connectivity index (χ4n) is 0.108. The van der Waals surface area contributed by atoms with Gasteiger partial charge in [-0.25, -0.2) is 8.78 Å². The Morgan fingerprint density at radius 2 is 2.00 bits per heavy atom. The lowest BCUT2D eigenvalue weighted by atomic mass is 10.3. The smallest absolute Gasteiger partial charge is 0.326 e. The predicted molar refractivity (Wildman–Crippen MR) is 21.6 cm³/mol. The highest BCUT2D eigenvalue weighted by molar-refractivity contribution is 5.73. The van der Waals surface area contributed by atoms with Gasteiger partial charge in [-0.2, -0.15) is 0 Å². The highest BCUT2D eigenvalue weighted by Crippen LogP contribution is 1.96. The van der Waals surface area contributed by atoms with E-state index in [9.17, 15) is 13.6 Å². The number of rotatable bonds is 2. The molecule has 0 bridgehead atoms. The van der Waals surface area contributed by atoms with Crippen molar-refractivity contribution in [3.8, 4) is 0 Å². The summed E-state index contributed by atoms with van der Waals surface area (Å²) in [5.41, 5.74) is 4.41. The van der Waals surface area contributed by atoms with Crippen LogP contribution in [-0.4, -0.2) is 23.5 Å². The summed E-state index contributed by atoms with van der Waals surface area (Å²) in [5.74, 6) is -1.68. The molecule has 0 aromatic carbocycles. The van der Waals surface area contributed by atoms with Gasteiger partial charge in [0.1, 0.15) is 0 Å². The van der Waals surface area contributed by atoms with Crippen molar-refractivity contribution < 1.29 is 18.7 Å². The second kappa shape index (κ2) is 2.56. The third kappa shape index (κ3) is 1.83. The number of hydrogen-bond acceptors (Lipinski definition) is 2. The monoisotopic (exact) mass is 125 g/mol. The van der Waals surface area contributed by atoms with Crippen molar-refractivity contribution >= 4 is 5.97 Å². The molecule has 0 saturated carbocycles. The maximum Gasteiger partial charge on any atom is 0.326 e. The average molecular weight is 125 g/mol. The van der Waals surface area contributed by atoms with Crippen LogP contribution in [-0.2, 0) is 4.79 Å². The molecule has 0 aliphatic rings. The fourth-order valence-corrected chi connectivity index (χ4v) is 0.108. The molecule has 0 aliphatic carbocycles. The van der Waals surface area contributed by atoms with E-state index < -0.39 is 18.4 Å². The van der Waals surface area contributed by atoms with Crippen LogP contribution in [0.5, 0.6) is 0 Å². The molecule has 0 saturated heterocycles. The first-order chi connectivity index (χ1) is 3.55. The summed E-state index contributed by atoms with van der Waals surface area (Å²) in [4.78, 5) is 9.54. The van der Waals surface area contributed by atoms with Gasteiger partial charge in [0, 0.05) is 0 Å². The Labute approximate surface area is 44.1 Å². The summed E-state index contributed by atoms with van der Waals surface area (Å²) in [6.07, 6.45) is -2.98. The first kappa shape index (κ1) is 7.29. The van der Waals surface area contributed by atoms with Crippen LogP contribution >= 0.6 is 0 Å². The molecule has 1 unspecified atom stereocenters. The van der Waals surface area contributed by atoms with E-state index in [1.54, 1.807) is 0 Å². The van der Waals surface area contributed by atoms with Gasteiger partial charge in [-0.1, -0.05) is 0 Å². The summed E-state index contributed by atoms with van der Waals surface area (Å²) in [6.45, 7) is 0. The molecule has 8 heavy (non-hydrogen) atoms. The van der Waals surface area contributed by atoms with Crippen molar-refractivity contribution in [1.29, 1.82) is 0 Å². The van der Waals surface area contributed by atoms with Crippen LogP contribution in [0.3, 0.4) is 0 Å². The minimum atomic E-state index is -2.98. The molecule has 0 aromatic heterocycles. The molecule has 3 N–H and O–H groups in total.